The van der Waals surface area contributed by atoms with Crippen molar-refractivity contribution in [1.29, 1.82) is 0 Å². The van der Waals surface area contributed by atoms with Crippen LogP contribution in [0.5, 0.6) is 0 Å². The van der Waals surface area contributed by atoms with Crippen LogP contribution >= 0.6 is 0 Å². The molecule has 1 unspecified atom stereocenters. The molecule has 3 rings (SSSR count). The van der Waals surface area contributed by atoms with Crippen molar-refractivity contribution in [2.75, 3.05) is 13.1 Å². The summed E-state index contributed by atoms with van der Waals surface area (Å²) in [5.74, 6) is 2.79. The Hall–Kier alpha value is -2.18. The molecule has 130 valence electrons. The maximum Gasteiger partial charge on any atom is 0.227 e. The maximum atomic E-state index is 12.5. The first-order valence-electron chi connectivity index (χ1n) is 8.66. The number of likely N-dealkylation sites (tertiary alicyclic amines) is 1. The first-order valence-corrected chi connectivity index (χ1v) is 8.66. The molecule has 7 heteroatoms. The smallest absolute Gasteiger partial charge is 0.227 e. The number of carbonyl (C=O) groups is 1. The molecule has 0 radical (unpaired) electrons. The van der Waals surface area contributed by atoms with Gasteiger partial charge in [0.1, 0.15) is 5.82 Å². The van der Waals surface area contributed by atoms with Crippen LogP contribution in [0.1, 0.15) is 55.3 Å². The molecular formula is C17H25N5O2. The molecule has 0 saturated carbocycles. The van der Waals surface area contributed by atoms with Crippen LogP contribution in [-0.4, -0.2) is 43.6 Å². The van der Waals surface area contributed by atoms with Crippen molar-refractivity contribution in [2.24, 2.45) is 7.05 Å². The fourth-order valence-electron chi connectivity index (χ4n) is 3.34. The van der Waals surface area contributed by atoms with E-state index in [-0.39, 0.29) is 5.91 Å². The number of amides is 1. The molecule has 1 fully saturated rings. The molecule has 1 amide bonds. The minimum Gasteiger partial charge on any atom is -0.342 e. The number of hydrogen-bond donors (Lipinski definition) is 0. The molecule has 2 aromatic heterocycles. The Balaban J connectivity index is 1.57. The number of hydrogen-bond acceptors (Lipinski definition) is 5. The molecule has 1 saturated heterocycles. The van der Waals surface area contributed by atoms with E-state index in [4.69, 9.17) is 4.52 Å². The van der Waals surface area contributed by atoms with Crippen molar-refractivity contribution in [3.05, 3.63) is 29.4 Å². The summed E-state index contributed by atoms with van der Waals surface area (Å²) in [6.07, 6.45) is 5.80. The molecule has 0 bridgehead atoms. The van der Waals surface area contributed by atoms with Gasteiger partial charge in [-0.15, -0.1) is 0 Å². The maximum absolute atomic E-state index is 12.5. The molecule has 1 aliphatic heterocycles. The Bertz CT molecular complexity index is 706. The van der Waals surface area contributed by atoms with Crippen LogP contribution in [0.2, 0.25) is 0 Å². The normalized spacial score (nSPS) is 18.1. The van der Waals surface area contributed by atoms with Crippen molar-refractivity contribution in [1.82, 2.24) is 24.6 Å². The molecule has 3 heterocycles. The Kier molecular flexibility index (Phi) is 4.97. The average Bonchev–Trinajstić information content (AvgIpc) is 3.18. The summed E-state index contributed by atoms with van der Waals surface area (Å²) in [6, 6.07) is 0. The van der Waals surface area contributed by atoms with E-state index in [1.165, 1.54) is 0 Å². The lowest BCUT2D eigenvalue weighted by molar-refractivity contribution is -0.132. The van der Waals surface area contributed by atoms with Gasteiger partial charge in [-0.3, -0.25) is 4.79 Å². The molecule has 0 N–H and O–H groups in total. The van der Waals surface area contributed by atoms with Crippen LogP contribution < -0.4 is 0 Å². The molecule has 1 atom stereocenters. The third kappa shape index (κ3) is 3.66. The highest BCUT2D eigenvalue weighted by atomic mass is 16.5. The second-order valence-corrected chi connectivity index (χ2v) is 6.49. The summed E-state index contributed by atoms with van der Waals surface area (Å²) < 4.78 is 7.24. The predicted octanol–water partition coefficient (Wildman–Crippen LogP) is 2.01. The Morgan fingerprint density at radius 2 is 2.25 bits per heavy atom. The van der Waals surface area contributed by atoms with Crippen LogP contribution in [0.3, 0.4) is 0 Å². The van der Waals surface area contributed by atoms with Gasteiger partial charge in [0.15, 0.2) is 5.82 Å². The van der Waals surface area contributed by atoms with Crippen molar-refractivity contribution in [3.8, 4) is 0 Å². The topological polar surface area (TPSA) is 77.0 Å². The van der Waals surface area contributed by atoms with Gasteiger partial charge in [0.25, 0.3) is 0 Å². The Morgan fingerprint density at radius 3 is 2.92 bits per heavy atom. The van der Waals surface area contributed by atoms with Gasteiger partial charge in [-0.2, -0.15) is 4.98 Å². The monoisotopic (exact) mass is 331 g/mol. The van der Waals surface area contributed by atoms with Gasteiger partial charge in [-0.05, 0) is 19.8 Å². The quantitative estimate of drug-likeness (QED) is 0.837. The van der Waals surface area contributed by atoms with E-state index in [0.29, 0.717) is 30.5 Å². The largest absolute Gasteiger partial charge is 0.342 e. The van der Waals surface area contributed by atoms with E-state index >= 15 is 0 Å². The minimum absolute atomic E-state index is 0.155. The van der Waals surface area contributed by atoms with Gasteiger partial charge in [0.05, 0.1) is 5.69 Å². The zero-order chi connectivity index (χ0) is 17.1. The number of imidazole rings is 1. The lowest BCUT2D eigenvalue weighted by atomic mass is 9.96. The number of piperidine rings is 1. The standard InChI is InChI=1S/C17H25N5O2/c1-4-14-19-15(24-20-14)7-8-16(23)22-9-5-6-13(11-22)17-18-12(2)10-21(17)3/h10,13H,4-9,11H2,1-3H3. The van der Waals surface area contributed by atoms with E-state index < -0.39 is 0 Å². The van der Waals surface area contributed by atoms with E-state index in [1.807, 2.05) is 32.0 Å². The Labute approximate surface area is 142 Å². The van der Waals surface area contributed by atoms with Crippen molar-refractivity contribution >= 4 is 5.91 Å². The summed E-state index contributed by atoms with van der Waals surface area (Å²) in [5.41, 5.74) is 1.03. The van der Waals surface area contributed by atoms with Crippen LogP contribution in [0, 0.1) is 6.92 Å². The molecule has 2 aromatic rings. The molecular weight excluding hydrogens is 306 g/mol. The van der Waals surface area contributed by atoms with Crippen molar-refractivity contribution < 1.29 is 9.32 Å². The molecule has 24 heavy (non-hydrogen) atoms. The van der Waals surface area contributed by atoms with Crippen LogP contribution in [0.25, 0.3) is 0 Å². The Morgan fingerprint density at radius 1 is 1.42 bits per heavy atom. The van der Waals surface area contributed by atoms with E-state index in [2.05, 4.69) is 19.7 Å². The fraction of sp³-hybridized carbons (Fsp3) is 0.647. The molecule has 7 nitrogen and oxygen atoms in total. The van der Waals surface area contributed by atoms with Gasteiger partial charge in [-0.25, -0.2) is 4.98 Å². The lowest BCUT2D eigenvalue weighted by Crippen LogP contribution is -2.39. The van der Waals surface area contributed by atoms with Crippen LogP contribution in [-0.2, 0) is 24.7 Å². The predicted molar refractivity (Wildman–Crippen MR) is 88.5 cm³/mol. The molecule has 0 spiro atoms. The van der Waals surface area contributed by atoms with Gasteiger partial charge in [0, 0.05) is 51.5 Å². The van der Waals surface area contributed by atoms with E-state index in [0.717, 1.165) is 43.9 Å². The third-order valence-corrected chi connectivity index (χ3v) is 4.55. The van der Waals surface area contributed by atoms with Gasteiger partial charge >= 0.3 is 0 Å². The van der Waals surface area contributed by atoms with Gasteiger partial charge in [0.2, 0.25) is 11.8 Å². The number of aryl methyl sites for hydroxylation is 4. The summed E-state index contributed by atoms with van der Waals surface area (Å²) >= 11 is 0. The third-order valence-electron chi connectivity index (χ3n) is 4.55. The number of rotatable bonds is 5. The number of carbonyl (C=O) groups excluding carboxylic acids is 1. The summed E-state index contributed by atoms with van der Waals surface area (Å²) in [5, 5.41) is 3.87. The highest BCUT2D eigenvalue weighted by molar-refractivity contribution is 5.76. The summed E-state index contributed by atoms with van der Waals surface area (Å²) in [4.78, 5) is 23.4. The van der Waals surface area contributed by atoms with Crippen molar-refractivity contribution in [2.45, 2.75) is 51.9 Å². The van der Waals surface area contributed by atoms with E-state index in [1.54, 1.807) is 0 Å². The average molecular weight is 331 g/mol. The minimum atomic E-state index is 0.155. The molecule has 0 aliphatic carbocycles. The van der Waals surface area contributed by atoms with Crippen LogP contribution in [0.4, 0.5) is 0 Å². The summed E-state index contributed by atoms with van der Waals surface area (Å²) in [7, 11) is 2.02. The zero-order valence-corrected chi connectivity index (χ0v) is 14.7. The first-order chi connectivity index (χ1) is 11.6. The molecule has 1 aliphatic rings. The van der Waals surface area contributed by atoms with Crippen molar-refractivity contribution in [3.63, 3.8) is 0 Å². The molecule has 0 aromatic carbocycles. The summed E-state index contributed by atoms with van der Waals surface area (Å²) in [6.45, 7) is 5.55. The number of nitrogens with zero attached hydrogens (tertiary/aromatic N) is 5. The SMILES string of the molecule is CCc1noc(CCC(=O)N2CCCC(c3nc(C)cn3C)C2)n1. The highest BCUT2D eigenvalue weighted by Gasteiger charge is 2.27. The fourth-order valence-corrected chi connectivity index (χ4v) is 3.34. The lowest BCUT2D eigenvalue weighted by Gasteiger charge is -2.32. The van der Waals surface area contributed by atoms with Crippen LogP contribution in [0.15, 0.2) is 10.7 Å². The van der Waals surface area contributed by atoms with Gasteiger partial charge in [-0.1, -0.05) is 12.1 Å². The second kappa shape index (κ2) is 7.15. The second-order valence-electron chi connectivity index (χ2n) is 6.49. The zero-order valence-electron chi connectivity index (χ0n) is 14.7. The van der Waals surface area contributed by atoms with E-state index in [9.17, 15) is 4.79 Å². The van der Waals surface area contributed by atoms with Gasteiger partial charge < -0.3 is 14.0 Å². The number of aromatic nitrogens is 4. The highest BCUT2D eigenvalue weighted by Crippen LogP contribution is 2.26. The first kappa shape index (κ1) is 16.7.